The van der Waals surface area contributed by atoms with Crippen molar-refractivity contribution in [1.29, 1.82) is 0 Å². The molecule has 0 aliphatic carbocycles. The zero-order valence-electron chi connectivity index (χ0n) is 23.8. The minimum absolute atomic E-state index is 0.0466. The van der Waals surface area contributed by atoms with Crippen LogP contribution in [0.15, 0.2) is 48.0 Å². The molecule has 41 heavy (non-hydrogen) atoms. The first-order chi connectivity index (χ1) is 19.7. The fourth-order valence-corrected chi connectivity index (χ4v) is 6.68. The van der Waals surface area contributed by atoms with Crippen LogP contribution in [0.1, 0.15) is 47.4 Å². The molecule has 0 unspecified atom stereocenters. The Morgan fingerprint density at radius 2 is 2.00 bits per heavy atom. The number of aromatic nitrogens is 1. The van der Waals surface area contributed by atoms with Crippen molar-refractivity contribution in [2.24, 2.45) is 5.92 Å². The van der Waals surface area contributed by atoms with Crippen molar-refractivity contribution >= 4 is 29.1 Å². The zero-order valence-corrected chi connectivity index (χ0v) is 24.6. The van der Waals surface area contributed by atoms with Gasteiger partial charge < -0.3 is 25.0 Å². The average Bonchev–Trinajstić information content (AvgIpc) is 3.58. The summed E-state index contributed by atoms with van der Waals surface area (Å²) in [6.45, 7) is 6.44. The van der Waals surface area contributed by atoms with E-state index in [0.29, 0.717) is 24.3 Å². The van der Waals surface area contributed by atoms with Crippen molar-refractivity contribution in [2.45, 2.75) is 58.3 Å². The van der Waals surface area contributed by atoms with Crippen molar-refractivity contribution < 1.29 is 24.2 Å². The van der Waals surface area contributed by atoms with Gasteiger partial charge in [-0.25, -0.2) is 4.98 Å². The van der Waals surface area contributed by atoms with Crippen LogP contribution in [0.25, 0.3) is 10.4 Å². The lowest BCUT2D eigenvalue weighted by Crippen LogP contribution is -2.57. The molecule has 0 saturated carbocycles. The minimum atomic E-state index is -0.837. The van der Waals surface area contributed by atoms with Crippen LogP contribution < -0.4 is 10.1 Å². The molecule has 10 heteroatoms. The molecular weight excluding hydrogens is 540 g/mol. The van der Waals surface area contributed by atoms with Crippen LogP contribution in [-0.2, 0) is 22.6 Å². The number of aryl methyl sites for hydroxylation is 1. The number of carbonyl (C=O) groups excluding carboxylic acids is 3. The molecule has 3 amide bonds. The van der Waals surface area contributed by atoms with E-state index in [2.05, 4.69) is 10.3 Å². The third-order valence-electron chi connectivity index (χ3n) is 7.96. The van der Waals surface area contributed by atoms with Gasteiger partial charge in [0.15, 0.2) is 0 Å². The Balaban J connectivity index is 1.31. The van der Waals surface area contributed by atoms with Crippen molar-refractivity contribution in [3.8, 4) is 16.2 Å². The maximum absolute atomic E-state index is 14.0. The topological polar surface area (TPSA) is 112 Å². The van der Waals surface area contributed by atoms with Crippen molar-refractivity contribution in [3.05, 3.63) is 70.4 Å². The zero-order chi connectivity index (χ0) is 29.3. The third-order valence-corrected chi connectivity index (χ3v) is 8.94. The first kappa shape index (κ1) is 28.8. The summed E-state index contributed by atoms with van der Waals surface area (Å²) in [5.74, 6) is -0.381. The van der Waals surface area contributed by atoms with Crippen LogP contribution >= 0.6 is 11.3 Å². The number of thiazole rings is 1. The van der Waals surface area contributed by atoms with Crippen molar-refractivity contribution in [3.63, 3.8) is 0 Å². The smallest absolute Gasteiger partial charge is 0.254 e. The van der Waals surface area contributed by atoms with Crippen LogP contribution in [0.2, 0.25) is 0 Å². The van der Waals surface area contributed by atoms with Crippen molar-refractivity contribution in [2.75, 3.05) is 20.2 Å². The number of amides is 3. The molecule has 2 aromatic carbocycles. The summed E-state index contributed by atoms with van der Waals surface area (Å²) in [5, 5.41) is 13.5. The maximum Gasteiger partial charge on any atom is 0.254 e. The van der Waals surface area contributed by atoms with E-state index in [9.17, 15) is 19.5 Å². The van der Waals surface area contributed by atoms with Gasteiger partial charge in [0.1, 0.15) is 17.8 Å². The highest BCUT2D eigenvalue weighted by molar-refractivity contribution is 7.13. The van der Waals surface area contributed by atoms with Gasteiger partial charge in [-0.05, 0) is 42.5 Å². The number of rotatable bonds is 8. The van der Waals surface area contributed by atoms with Gasteiger partial charge in [0.2, 0.25) is 11.8 Å². The number of fused-ring (bicyclic) bond motifs is 1. The highest BCUT2D eigenvalue weighted by Gasteiger charge is 2.45. The van der Waals surface area contributed by atoms with Gasteiger partial charge in [-0.3, -0.25) is 14.4 Å². The molecule has 1 aromatic heterocycles. The van der Waals surface area contributed by atoms with E-state index in [1.807, 2.05) is 57.2 Å². The molecule has 216 valence electrons. The second-order valence-corrected chi connectivity index (χ2v) is 11.9. The molecule has 9 nitrogen and oxygen atoms in total. The number of β-amino-alcohol motifs (C(OH)–C–C–N with tert-alkyl or cyclic N) is 1. The second kappa shape index (κ2) is 12.0. The number of aliphatic hydroxyl groups is 1. The largest absolute Gasteiger partial charge is 0.496 e. The van der Waals surface area contributed by atoms with E-state index in [4.69, 9.17) is 4.74 Å². The molecule has 3 aromatic rings. The number of likely N-dealkylation sites (tertiary alicyclic amines) is 1. The number of benzene rings is 2. The normalized spacial score (nSPS) is 19.3. The van der Waals surface area contributed by atoms with Gasteiger partial charge in [-0.1, -0.05) is 44.2 Å². The van der Waals surface area contributed by atoms with Crippen LogP contribution in [0.4, 0.5) is 0 Å². The quantitative estimate of drug-likeness (QED) is 0.425. The molecule has 0 bridgehead atoms. The van der Waals surface area contributed by atoms with Crippen LogP contribution in [0.5, 0.6) is 5.75 Å². The Hall–Kier alpha value is -3.76. The van der Waals surface area contributed by atoms with Gasteiger partial charge >= 0.3 is 0 Å². The number of hydrogen-bond donors (Lipinski definition) is 2. The molecule has 1 saturated heterocycles. The highest BCUT2D eigenvalue weighted by atomic mass is 32.1. The molecule has 0 spiro atoms. The van der Waals surface area contributed by atoms with Crippen LogP contribution in [0.3, 0.4) is 0 Å². The van der Waals surface area contributed by atoms with E-state index in [1.165, 1.54) is 4.90 Å². The number of hydrogen-bond acceptors (Lipinski definition) is 7. The molecule has 3 heterocycles. The fourth-order valence-electron chi connectivity index (χ4n) is 5.87. The number of carbonyl (C=O) groups is 3. The van der Waals surface area contributed by atoms with E-state index >= 15 is 0 Å². The number of nitrogens with zero attached hydrogens (tertiary/aromatic N) is 3. The van der Waals surface area contributed by atoms with Gasteiger partial charge in [-0.15, -0.1) is 11.3 Å². The van der Waals surface area contributed by atoms with Crippen molar-refractivity contribution in [1.82, 2.24) is 20.1 Å². The summed E-state index contributed by atoms with van der Waals surface area (Å²) in [7, 11) is 1.59. The number of nitrogens with one attached hydrogen (secondary N) is 1. The maximum atomic E-state index is 14.0. The lowest BCUT2D eigenvalue weighted by Gasteiger charge is -2.39. The third kappa shape index (κ3) is 5.71. The summed E-state index contributed by atoms with van der Waals surface area (Å²) in [6, 6.07) is 11.7. The Morgan fingerprint density at radius 1 is 1.22 bits per heavy atom. The van der Waals surface area contributed by atoms with E-state index < -0.39 is 18.2 Å². The van der Waals surface area contributed by atoms with Crippen LogP contribution in [0, 0.1) is 12.8 Å². The van der Waals surface area contributed by atoms with Crippen LogP contribution in [-0.4, -0.2) is 76.0 Å². The molecule has 1 fully saturated rings. The summed E-state index contributed by atoms with van der Waals surface area (Å²) in [4.78, 5) is 49.3. The standard InChI is InChI=1S/C31H36N4O5S/c1-18(2)27(34-12-11-20-7-5-6-8-24(20)30(34)38)31(39)35-16-23(36)14-25(35)29(37)32-15-22-10-9-21(13-26(22)40-4)28-19(3)33-17-41-28/h5-10,13,17-18,23,25,27,36H,11-12,14-16H2,1-4H3,(H,32,37)/t23-,25+,27+/m1/s1. The van der Waals surface area contributed by atoms with Gasteiger partial charge in [0.05, 0.1) is 29.3 Å². The summed E-state index contributed by atoms with van der Waals surface area (Å²) in [6.07, 6.45) is -0.0228. The van der Waals surface area contributed by atoms with E-state index in [-0.39, 0.29) is 43.1 Å². The fraction of sp³-hybridized carbons (Fsp3) is 0.419. The summed E-state index contributed by atoms with van der Waals surface area (Å²) in [5.41, 5.74) is 6.11. The summed E-state index contributed by atoms with van der Waals surface area (Å²) >= 11 is 1.55. The summed E-state index contributed by atoms with van der Waals surface area (Å²) < 4.78 is 5.61. The Morgan fingerprint density at radius 3 is 2.71 bits per heavy atom. The number of aliphatic hydroxyl groups excluding tert-OH is 1. The molecular formula is C31H36N4O5S. The SMILES string of the molecule is COc1cc(-c2scnc2C)ccc1CNC(=O)[C@@H]1C[C@@H](O)CN1C(=O)[C@H](C(C)C)N1CCc2ccccc2C1=O. The van der Waals surface area contributed by atoms with E-state index in [1.54, 1.807) is 34.9 Å². The predicted molar refractivity (Wildman–Crippen MR) is 157 cm³/mol. The lowest BCUT2D eigenvalue weighted by atomic mass is 9.93. The van der Waals surface area contributed by atoms with Gasteiger partial charge in [0, 0.05) is 37.2 Å². The Bertz CT molecular complexity index is 1450. The average molecular weight is 577 g/mol. The first-order valence-corrected chi connectivity index (χ1v) is 14.8. The predicted octanol–water partition coefficient (Wildman–Crippen LogP) is 3.43. The highest BCUT2D eigenvalue weighted by Crippen LogP contribution is 2.32. The van der Waals surface area contributed by atoms with Gasteiger partial charge in [0.25, 0.3) is 5.91 Å². The molecule has 2 aliphatic heterocycles. The van der Waals surface area contributed by atoms with E-state index in [0.717, 1.165) is 27.3 Å². The molecule has 2 aliphatic rings. The first-order valence-electron chi connectivity index (χ1n) is 13.9. The van der Waals surface area contributed by atoms with Gasteiger partial charge in [-0.2, -0.15) is 0 Å². The minimum Gasteiger partial charge on any atom is -0.496 e. The molecule has 3 atom stereocenters. The monoisotopic (exact) mass is 576 g/mol. The second-order valence-electron chi connectivity index (χ2n) is 11.0. The molecule has 5 rings (SSSR count). The number of methoxy groups -OCH3 is 1. The Kier molecular flexibility index (Phi) is 8.42. The molecule has 2 N–H and O–H groups in total. The number of ether oxygens (including phenoxy) is 1. The Labute approximate surface area is 244 Å². The molecule has 0 radical (unpaired) electrons. The lowest BCUT2D eigenvalue weighted by molar-refractivity contribution is -0.143.